The van der Waals surface area contributed by atoms with Crippen molar-refractivity contribution >= 4 is 16.9 Å². The van der Waals surface area contributed by atoms with Gasteiger partial charge in [0.15, 0.2) is 0 Å². The highest BCUT2D eigenvalue weighted by atomic mass is 16.1. The van der Waals surface area contributed by atoms with Gasteiger partial charge in [-0.3, -0.25) is 9.69 Å². The number of rotatable bonds is 5. The van der Waals surface area contributed by atoms with Crippen LogP contribution in [0, 0.1) is 0 Å². The summed E-state index contributed by atoms with van der Waals surface area (Å²) in [7, 11) is 0. The fourth-order valence-electron chi connectivity index (χ4n) is 3.87. The van der Waals surface area contributed by atoms with Gasteiger partial charge in [0.1, 0.15) is 5.52 Å². The molecule has 0 fully saturated rings. The molecule has 6 nitrogen and oxygen atoms in total. The fourth-order valence-corrected chi connectivity index (χ4v) is 3.87. The van der Waals surface area contributed by atoms with Gasteiger partial charge in [-0.15, -0.1) is 5.10 Å². The van der Waals surface area contributed by atoms with E-state index in [1.165, 1.54) is 11.1 Å². The summed E-state index contributed by atoms with van der Waals surface area (Å²) in [5.41, 5.74) is 5.02. The van der Waals surface area contributed by atoms with Gasteiger partial charge < -0.3 is 5.32 Å². The number of hydrogen-bond donors (Lipinski definition) is 1. The SMILES string of the molecule is CCn1nnc2cc(C(=O)NCC(C)(C)N3CCc4ccccc4C3)ccc21. The van der Waals surface area contributed by atoms with E-state index in [1.54, 1.807) is 0 Å². The number of hydrogen-bond acceptors (Lipinski definition) is 4. The molecule has 1 aliphatic heterocycles. The summed E-state index contributed by atoms with van der Waals surface area (Å²) in [6.07, 6.45) is 1.05. The first-order valence-corrected chi connectivity index (χ1v) is 9.91. The quantitative estimate of drug-likeness (QED) is 0.742. The number of carbonyl (C=O) groups excluding carboxylic acids is 1. The minimum Gasteiger partial charge on any atom is -0.350 e. The summed E-state index contributed by atoms with van der Waals surface area (Å²) in [6.45, 7) is 9.68. The van der Waals surface area contributed by atoms with Gasteiger partial charge in [0.05, 0.1) is 5.52 Å². The normalized spacial score (nSPS) is 14.8. The number of carbonyl (C=O) groups is 1. The molecule has 2 heterocycles. The van der Waals surface area contributed by atoms with Gasteiger partial charge >= 0.3 is 0 Å². The van der Waals surface area contributed by atoms with Gasteiger partial charge in [0.25, 0.3) is 5.91 Å². The Morgan fingerprint density at radius 2 is 1.96 bits per heavy atom. The second kappa shape index (κ2) is 7.36. The van der Waals surface area contributed by atoms with E-state index in [1.807, 2.05) is 29.8 Å². The monoisotopic (exact) mass is 377 g/mol. The maximum absolute atomic E-state index is 12.7. The summed E-state index contributed by atoms with van der Waals surface area (Å²) < 4.78 is 1.83. The number of nitrogens with zero attached hydrogens (tertiary/aromatic N) is 4. The number of amides is 1. The molecule has 0 bridgehead atoms. The average Bonchev–Trinajstić information content (AvgIpc) is 3.14. The topological polar surface area (TPSA) is 63.1 Å². The molecular weight excluding hydrogens is 350 g/mol. The third kappa shape index (κ3) is 3.52. The average molecular weight is 377 g/mol. The largest absolute Gasteiger partial charge is 0.350 e. The minimum atomic E-state index is -0.126. The zero-order chi connectivity index (χ0) is 19.7. The molecule has 146 valence electrons. The lowest BCUT2D eigenvalue weighted by Gasteiger charge is -2.41. The molecule has 28 heavy (non-hydrogen) atoms. The second-order valence-electron chi connectivity index (χ2n) is 8.04. The molecular formula is C22H27N5O. The molecule has 0 unspecified atom stereocenters. The number of fused-ring (bicyclic) bond motifs is 2. The van der Waals surface area contributed by atoms with Crippen LogP contribution in [0.4, 0.5) is 0 Å². The van der Waals surface area contributed by atoms with Crippen molar-refractivity contribution in [3.8, 4) is 0 Å². The minimum absolute atomic E-state index is 0.0709. The second-order valence-corrected chi connectivity index (χ2v) is 8.04. The molecule has 4 rings (SSSR count). The van der Waals surface area contributed by atoms with Gasteiger partial charge in [0, 0.05) is 37.3 Å². The molecule has 1 N–H and O–H groups in total. The summed E-state index contributed by atoms with van der Waals surface area (Å²) in [6, 6.07) is 14.2. The maximum Gasteiger partial charge on any atom is 0.251 e. The van der Waals surface area contributed by atoms with E-state index in [2.05, 4.69) is 58.6 Å². The van der Waals surface area contributed by atoms with E-state index in [-0.39, 0.29) is 11.4 Å². The van der Waals surface area contributed by atoms with Crippen molar-refractivity contribution in [1.29, 1.82) is 0 Å². The van der Waals surface area contributed by atoms with Gasteiger partial charge in [0.2, 0.25) is 0 Å². The predicted molar refractivity (Wildman–Crippen MR) is 110 cm³/mol. The van der Waals surface area contributed by atoms with Crippen molar-refractivity contribution in [1.82, 2.24) is 25.2 Å². The zero-order valence-corrected chi connectivity index (χ0v) is 16.8. The highest BCUT2D eigenvalue weighted by Crippen LogP contribution is 2.25. The van der Waals surface area contributed by atoms with Crippen LogP contribution in [0.3, 0.4) is 0 Å². The van der Waals surface area contributed by atoms with Gasteiger partial charge in [-0.05, 0) is 56.5 Å². The van der Waals surface area contributed by atoms with Crippen molar-refractivity contribution < 1.29 is 4.79 Å². The summed E-state index contributed by atoms with van der Waals surface area (Å²) >= 11 is 0. The van der Waals surface area contributed by atoms with Gasteiger partial charge in [-0.1, -0.05) is 29.5 Å². The number of aromatic nitrogens is 3. The van der Waals surface area contributed by atoms with E-state index in [0.29, 0.717) is 12.1 Å². The molecule has 0 spiro atoms. The number of aryl methyl sites for hydroxylation is 1. The van der Waals surface area contributed by atoms with E-state index in [4.69, 9.17) is 0 Å². The van der Waals surface area contributed by atoms with Crippen LogP contribution in [0.2, 0.25) is 0 Å². The number of benzene rings is 2. The highest BCUT2D eigenvalue weighted by Gasteiger charge is 2.30. The van der Waals surface area contributed by atoms with E-state index < -0.39 is 0 Å². The molecule has 1 aromatic heterocycles. The Morgan fingerprint density at radius 3 is 2.75 bits per heavy atom. The van der Waals surface area contributed by atoms with Gasteiger partial charge in [-0.2, -0.15) is 0 Å². The zero-order valence-electron chi connectivity index (χ0n) is 16.8. The van der Waals surface area contributed by atoms with E-state index >= 15 is 0 Å². The van der Waals surface area contributed by atoms with Crippen LogP contribution in [-0.2, 0) is 19.5 Å². The van der Waals surface area contributed by atoms with Crippen LogP contribution in [-0.4, -0.2) is 44.4 Å². The third-order valence-electron chi connectivity index (χ3n) is 5.74. The Bertz CT molecular complexity index is 1010. The Labute approximate surface area is 165 Å². The first-order chi connectivity index (χ1) is 13.5. The molecule has 0 radical (unpaired) electrons. The molecule has 0 aliphatic carbocycles. The Morgan fingerprint density at radius 1 is 1.18 bits per heavy atom. The Hall–Kier alpha value is -2.73. The van der Waals surface area contributed by atoms with Crippen LogP contribution in [0.1, 0.15) is 42.3 Å². The lowest BCUT2D eigenvalue weighted by Crippen LogP contribution is -2.53. The van der Waals surface area contributed by atoms with Crippen molar-refractivity contribution in [2.45, 2.75) is 45.8 Å². The maximum atomic E-state index is 12.7. The summed E-state index contributed by atoms with van der Waals surface area (Å²) in [4.78, 5) is 15.2. The van der Waals surface area contributed by atoms with Crippen LogP contribution < -0.4 is 5.32 Å². The molecule has 1 aliphatic rings. The summed E-state index contributed by atoms with van der Waals surface area (Å²) in [5, 5.41) is 11.4. The Balaban J connectivity index is 1.42. The Kier molecular flexibility index (Phi) is 4.89. The van der Waals surface area contributed by atoms with Crippen LogP contribution in [0.25, 0.3) is 11.0 Å². The van der Waals surface area contributed by atoms with Crippen LogP contribution in [0.15, 0.2) is 42.5 Å². The fraction of sp³-hybridized carbons (Fsp3) is 0.409. The molecule has 1 amide bonds. The molecule has 0 atom stereocenters. The van der Waals surface area contributed by atoms with Crippen molar-refractivity contribution in [2.24, 2.45) is 0 Å². The van der Waals surface area contributed by atoms with Crippen molar-refractivity contribution in [3.63, 3.8) is 0 Å². The van der Waals surface area contributed by atoms with Gasteiger partial charge in [-0.25, -0.2) is 4.68 Å². The van der Waals surface area contributed by atoms with Crippen LogP contribution in [0.5, 0.6) is 0 Å². The molecule has 6 heteroatoms. The first-order valence-electron chi connectivity index (χ1n) is 9.91. The first kappa shape index (κ1) is 18.6. The summed E-state index contributed by atoms with van der Waals surface area (Å²) in [5.74, 6) is -0.0709. The molecule has 0 saturated heterocycles. The lowest BCUT2D eigenvalue weighted by atomic mass is 9.94. The van der Waals surface area contributed by atoms with E-state index in [9.17, 15) is 4.79 Å². The van der Waals surface area contributed by atoms with Crippen LogP contribution >= 0.6 is 0 Å². The number of nitrogens with one attached hydrogen (secondary N) is 1. The molecule has 2 aromatic carbocycles. The van der Waals surface area contributed by atoms with Crippen molar-refractivity contribution in [3.05, 3.63) is 59.2 Å². The van der Waals surface area contributed by atoms with E-state index in [0.717, 1.165) is 37.1 Å². The predicted octanol–water partition coefficient (Wildman–Crippen LogP) is 3.02. The van der Waals surface area contributed by atoms with Crippen molar-refractivity contribution in [2.75, 3.05) is 13.1 Å². The molecule has 0 saturated carbocycles. The lowest BCUT2D eigenvalue weighted by molar-refractivity contribution is 0.0826. The standard InChI is InChI=1S/C22H27N5O/c1-4-27-20-10-9-17(13-19(20)24-25-27)21(28)23-15-22(2,3)26-12-11-16-7-5-6-8-18(16)14-26/h5-10,13H,4,11-12,14-15H2,1-3H3,(H,23,28). The third-order valence-corrected chi connectivity index (χ3v) is 5.74. The molecule has 3 aromatic rings. The smallest absolute Gasteiger partial charge is 0.251 e. The highest BCUT2D eigenvalue weighted by molar-refractivity contribution is 5.97.